The lowest BCUT2D eigenvalue weighted by Crippen LogP contribution is -2.66. The van der Waals surface area contributed by atoms with Crippen LogP contribution in [0.25, 0.3) is 10.4 Å². The Morgan fingerprint density at radius 1 is 0.485 bits per heavy atom. The molecular formula is C74H76N4O19. The van der Waals surface area contributed by atoms with Crippen molar-refractivity contribution in [2.24, 2.45) is 5.11 Å². The van der Waals surface area contributed by atoms with E-state index in [4.69, 9.17) is 56.8 Å². The van der Waals surface area contributed by atoms with Crippen molar-refractivity contribution >= 4 is 41.7 Å². The van der Waals surface area contributed by atoms with Gasteiger partial charge in [0.15, 0.2) is 30.9 Å². The molecule has 0 aromatic heterocycles. The van der Waals surface area contributed by atoms with Crippen molar-refractivity contribution < 1.29 is 90.4 Å². The number of benzene rings is 7. The molecule has 7 aromatic carbocycles. The number of azide groups is 1. The van der Waals surface area contributed by atoms with E-state index in [-0.39, 0.29) is 75.9 Å². The van der Waals surface area contributed by atoms with Gasteiger partial charge in [0.05, 0.1) is 43.4 Å². The Morgan fingerprint density at radius 2 is 0.990 bits per heavy atom. The minimum absolute atomic E-state index is 0.0197. The molecular weight excluding hydrogens is 1250 g/mol. The number of Topliss-reactive ketones (excluding diaryl/α,β-unsaturated/α-hetero) is 1. The second-order valence-corrected chi connectivity index (χ2v) is 22.8. The van der Waals surface area contributed by atoms with Gasteiger partial charge in [-0.2, -0.15) is 0 Å². The number of methoxy groups -OCH3 is 1. The summed E-state index contributed by atoms with van der Waals surface area (Å²) in [5.74, 6) is -4.19. The third kappa shape index (κ3) is 21.4. The molecule has 506 valence electrons. The average molecular weight is 1330 g/mol. The standard InChI is InChI=1S/C74H76N4O19/c1-50(79)36-41-60(80)94-62-59(49-91-69(82)57-32-18-7-19-33-57)93-72(61(76-77-75)63(62)88-45-52-26-12-4-13-27-52)96-65-64(89-46-53-28-14-5-15-29-53)67(95-70(83)58-34-20-8-21-35-58)73(97-66(65)71(84)86-2)87-43-23-9-22-42-78(44-51-24-10-3-11-25-51)74(85)92-48-55-39-37-54(38-40-55)47-90-68(81)56-30-16-6-17-31-56/h3-8,10-21,24-35,37-40,59,61-67,72-73H,9,22-23,36,41-49H2,1-2H3/t59-,61-,62-,63-,64+,65+,66-,67-,72-,73-/m1/s1. The molecule has 2 aliphatic heterocycles. The fraction of sp³-hybridized carbons (Fsp3) is 0.338. The molecule has 2 heterocycles. The van der Waals surface area contributed by atoms with Crippen molar-refractivity contribution in [1.82, 2.24) is 4.90 Å². The number of amides is 1. The molecule has 23 heteroatoms. The number of esters is 5. The Bertz CT molecular complexity index is 3690. The molecule has 0 radical (unpaired) electrons. The zero-order valence-electron chi connectivity index (χ0n) is 53.6. The van der Waals surface area contributed by atoms with E-state index in [9.17, 15) is 39.1 Å². The number of ketones is 1. The van der Waals surface area contributed by atoms with Crippen LogP contribution in [-0.4, -0.2) is 135 Å². The Morgan fingerprint density at radius 3 is 1.54 bits per heavy atom. The molecule has 7 aromatic rings. The maximum Gasteiger partial charge on any atom is 0.410 e. The highest BCUT2D eigenvalue weighted by molar-refractivity contribution is 5.90. The minimum Gasteiger partial charge on any atom is -0.467 e. The molecule has 9 rings (SSSR count). The van der Waals surface area contributed by atoms with Crippen molar-refractivity contribution in [3.8, 4) is 0 Å². The van der Waals surface area contributed by atoms with Crippen LogP contribution in [-0.2, 0) is 104 Å². The van der Waals surface area contributed by atoms with Gasteiger partial charge in [0.2, 0.25) is 0 Å². The van der Waals surface area contributed by atoms with Gasteiger partial charge >= 0.3 is 35.9 Å². The third-order valence-corrected chi connectivity index (χ3v) is 15.8. The highest BCUT2D eigenvalue weighted by Gasteiger charge is 2.57. The number of hydrogen-bond donors (Lipinski definition) is 0. The first-order chi connectivity index (χ1) is 47.3. The van der Waals surface area contributed by atoms with Crippen molar-refractivity contribution in [3.63, 3.8) is 0 Å². The number of hydrogen-bond acceptors (Lipinski definition) is 20. The van der Waals surface area contributed by atoms with Crippen molar-refractivity contribution in [2.75, 3.05) is 26.9 Å². The maximum atomic E-state index is 14.4. The number of unbranched alkanes of at least 4 members (excludes halogenated alkanes) is 2. The zero-order valence-corrected chi connectivity index (χ0v) is 53.6. The molecule has 0 spiro atoms. The van der Waals surface area contributed by atoms with Gasteiger partial charge in [-0.15, -0.1) is 0 Å². The minimum atomic E-state index is -1.80. The molecule has 0 bridgehead atoms. The SMILES string of the molecule is COC(=O)[C@@H]1O[C@@H](OCCCCCN(Cc2ccccc2)C(=O)OCc2ccc(COC(=O)c3ccccc3)cc2)[C@H](OC(=O)c2ccccc2)[C@@H](OCc2ccccc2)[C@@H]1O[C@H]1O[C@H](COC(=O)c2ccccc2)[C@@H](OC(=O)CCC(C)=O)[C@H](OCc2ccccc2)[C@H]1N=[N+]=[N-]. The summed E-state index contributed by atoms with van der Waals surface area (Å²) in [5.41, 5.74) is 14.8. The van der Waals surface area contributed by atoms with Crippen LogP contribution in [0, 0.1) is 0 Å². The highest BCUT2D eigenvalue weighted by atomic mass is 16.8. The van der Waals surface area contributed by atoms with E-state index in [1.807, 2.05) is 42.5 Å². The Kier molecular flexibility index (Phi) is 27.4. The molecule has 0 N–H and O–H groups in total. The largest absolute Gasteiger partial charge is 0.467 e. The van der Waals surface area contributed by atoms with Gasteiger partial charge in [-0.3, -0.25) is 4.79 Å². The lowest BCUT2D eigenvalue weighted by Gasteiger charge is -2.48. The van der Waals surface area contributed by atoms with Gasteiger partial charge < -0.3 is 66.5 Å². The van der Waals surface area contributed by atoms with Gasteiger partial charge in [0.1, 0.15) is 56.1 Å². The number of ether oxygens (including phenoxy) is 12. The van der Waals surface area contributed by atoms with E-state index in [1.165, 1.54) is 19.1 Å². The van der Waals surface area contributed by atoms with Gasteiger partial charge in [-0.05, 0) is 95.9 Å². The summed E-state index contributed by atoms with van der Waals surface area (Å²) in [6.07, 6.45) is -14.1. The fourth-order valence-corrected chi connectivity index (χ4v) is 10.7. The van der Waals surface area contributed by atoms with Crippen LogP contribution < -0.4 is 0 Å². The van der Waals surface area contributed by atoms with Crippen LogP contribution >= 0.6 is 0 Å². The van der Waals surface area contributed by atoms with Crippen LogP contribution in [0.3, 0.4) is 0 Å². The van der Waals surface area contributed by atoms with Gasteiger partial charge in [0, 0.05) is 31.0 Å². The molecule has 97 heavy (non-hydrogen) atoms. The maximum absolute atomic E-state index is 14.4. The molecule has 0 saturated carbocycles. The predicted molar refractivity (Wildman–Crippen MR) is 348 cm³/mol. The number of nitrogens with zero attached hydrogens (tertiary/aromatic N) is 4. The van der Waals surface area contributed by atoms with Gasteiger partial charge in [0.25, 0.3) is 0 Å². The van der Waals surface area contributed by atoms with E-state index in [2.05, 4.69) is 10.0 Å². The summed E-state index contributed by atoms with van der Waals surface area (Å²) in [4.78, 5) is 99.4. The first-order valence-corrected chi connectivity index (χ1v) is 31.8. The lowest BCUT2D eigenvalue weighted by atomic mass is 9.94. The lowest BCUT2D eigenvalue weighted by molar-refractivity contribution is -0.346. The number of carbonyl (C=O) groups is 7. The normalized spacial score (nSPS) is 20.4. The smallest absolute Gasteiger partial charge is 0.410 e. The van der Waals surface area contributed by atoms with Crippen molar-refractivity contribution in [1.29, 1.82) is 0 Å². The third-order valence-electron chi connectivity index (χ3n) is 15.8. The monoisotopic (exact) mass is 1320 g/mol. The summed E-state index contributed by atoms with van der Waals surface area (Å²) in [6.45, 7) is 0.925. The molecule has 2 fully saturated rings. The summed E-state index contributed by atoms with van der Waals surface area (Å²) >= 11 is 0. The molecule has 0 aliphatic carbocycles. The van der Waals surface area contributed by atoms with E-state index in [1.54, 1.807) is 157 Å². The second kappa shape index (κ2) is 37.3. The first-order valence-electron chi connectivity index (χ1n) is 31.8. The Hall–Kier alpha value is -10.1. The van der Waals surface area contributed by atoms with Crippen molar-refractivity contribution in [2.45, 2.75) is 133 Å². The Labute approximate surface area is 561 Å². The van der Waals surface area contributed by atoms with Crippen LogP contribution in [0.5, 0.6) is 0 Å². The van der Waals surface area contributed by atoms with Gasteiger partial charge in [-0.1, -0.05) is 175 Å². The van der Waals surface area contributed by atoms with E-state index < -0.39 is 104 Å². The summed E-state index contributed by atoms with van der Waals surface area (Å²) in [5, 5.41) is 4.12. The first kappa shape index (κ1) is 71.2. The summed E-state index contributed by atoms with van der Waals surface area (Å²) in [7, 11) is 1.12. The average Bonchev–Trinajstić information content (AvgIpc) is 0.770. The summed E-state index contributed by atoms with van der Waals surface area (Å²) in [6, 6.07) is 57.8. The molecule has 0 unspecified atom stereocenters. The number of rotatable bonds is 33. The molecule has 1 amide bonds. The Balaban J connectivity index is 0.965. The topological polar surface area (TPSA) is 282 Å². The summed E-state index contributed by atoms with van der Waals surface area (Å²) < 4.78 is 74.9. The van der Waals surface area contributed by atoms with Crippen LogP contribution in [0.1, 0.15) is 97.9 Å². The number of carbonyl (C=O) groups excluding carboxylic acids is 7. The van der Waals surface area contributed by atoms with Crippen molar-refractivity contribution in [3.05, 3.63) is 261 Å². The second-order valence-electron chi connectivity index (χ2n) is 22.8. The van der Waals surface area contributed by atoms with Crippen LogP contribution in [0.4, 0.5) is 4.79 Å². The van der Waals surface area contributed by atoms with E-state index in [0.717, 1.165) is 23.8 Å². The predicted octanol–water partition coefficient (Wildman–Crippen LogP) is 11.6. The van der Waals surface area contributed by atoms with E-state index in [0.29, 0.717) is 36.0 Å². The van der Waals surface area contributed by atoms with Crippen LogP contribution in [0.15, 0.2) is 211 Å². The highest BCUT2D eigenvalue weighted by Crippen LogP contribution is 2.37. The van der Waals surface area contributed by atoms with Crippen LogP contribution in [0.2, 0.25) is 0 Å². The quantitative estimate of drug-likeness (QED) is 0.00922. The zero-order chi connectivity index (χ0) is 68.1. The fourth-order valence-electron chi connectivity index (χ4n) is 10.7. The van der Waals surface area contributed by atoms with Gasteiger partial charge in [-0.25, -0.2) is 24.0 Å². The molecule has 23 nitrogen and oxygen atoms in total. The molecule has 2 aliphatic rings. The molecule has 10 atom stereocenters. The molecule has 2 saturated heterocycles. The van der Waals surface area contributed by atoms with E-state index >= 15 is 0 Å².